The van der Waals surface area contributed by atoms with Crippen molar-refractivity contribution in [3.8, 4) is 5.75 Å². The molecule has 2 nitrogen and oxygen atoms in total. The van der Waals surface area contributed by atoms with Gasteiger partial charge in [-0.15, -0.1) is 0 Å². The van der Waals surface area contributed by atoms with Crippen LogP contribution in [0.15, 0.2) is 12.1 Å². The Hall–Kier alpha value is 0.440. The van der Waals surface area contributed by atoms with E-state index in [9.17, 15) is 5.11 Å². The molecule has 0 aliphatic carbocycles. The third-order valence-electron chi connectivity index (χ3n) is 1.34. The van der Waals surface area contributed by atoms with E-state index < -0.39 is 0 Å². The lowest BCUT2D eigenvalue weighted by atomic mass is 10.2. The zero-order valence-corrected chi connectivity index (χ0v) is 9.96. The normalized spacial score (nSPS) is 10.1. The molecule has 0 fully saturated rings. The minimum absolute atomic E-state index is 0.326. The van der Waals surface area contributed by atoms with E-state index in [4.69, 9.17) is 5.73 Å². The highest BCUT2D eigenvalue weighted by Crippen LogP contribution is 2.24. The number of hydrogen-bond donors (Lipinski definition) is 2. The molecule has 0 heterocycles. The Balaban J connectivity index is 3.21. The van der Waals surface area contributed by atoms with Crippen LogP contribution in [-0.2, 0) is 6.54 Å². The van der Waals surface area contributed by atoms with Crippen LogP contribution in [0.3, 0.4) is 0 Å². The molecule has 60 valence electrons. The molecule has 11 heavy (non-hydrogen) atoms. The molecule has 1 rings (SSSR count). The molecule has 0 unspecified atom stereocenters. The summed E-state index contributed by atoms with van der Waals surface area (Å²) in [4.78, 5) is 0. The number of nitrogens with two attached hydrogens (primary N) is 1. The Kier molecular flexibility index (Phi) is 3.38. The largest absolute Gasteiger partial charge is 0.507 e. The lowest BCUT2D eigenvalue weighted by molar-refractivity contribution is 0.470. The van der Waals surface area contributed by atoms with Crippen LogP contribution in [0, 0.1) is 7.14 Å². The van der Waals surface area contributed by atoms with Crippen molar-refractivity contribution < 1.29 is 5.11 Å². The molecule has 0 aliphatic rings. The number of aromatic hydroxyl groups is 1. The Bertz CT molecular complexity index is 275. The van der Waals surface area contributed by atoms with Gasteiger partial charge in [0.25, 0.3) is 0 Å². The second-order valence-corrected chi connectivity index (χ2v) is 4.42. The van der Waals surface area contributed by atoms with Crippen LogP contribution in [-0.4, -0.2) is 5.11 Å². The van der Waals surface area contributed by atoms with Gasteiger partial charge in [0.15, 0.2) is 0 Å². The molecule has 0 spiro atoms. The van der Waals surface area contributed by atoms with Gasteiger partial charge >= 0.3 is 0 Å². The fraction of sp³-hybridized carbons (Fsp3) is 0.143. The van der Waals surface area contributed by atoms with Crippen LogP contribution < -0.4 is 5.73 Å². The second-order valence-electron chi connectivity index (χ2n) is 2.10. The summed E-state index contributed by atoms with van der Waals surface area (Å²) in [5, 5.41) is 9.27. The second kappa shape index (κ2) is 3.90. The van der Waals surface area contributed by atoms with Crippen molar-refractivity contribution in [2.24, 2.45) is 5.73 Å². The smallest absolute Gasteiger partial charge is 0.129 e. The minimum Gasteiger partial charge on any atom is -0.507 e. The van der Waals surface area contributed by atoms with Crippen LogP contribution in [0.25, 0.3) is 0 Å². The van der Waals surface area contributed by atoms with Crippen molar-refractivity contribution in [3.63, 3.8) is 0 Å². The molecule has 3 N–H and O–H groups in total. The van der Waals surface area contributed by atoms with E-state index >= 15 is 0 Å². The molecule has 0 radical (unpaired) electrons. The molecule has 0 aromatic heterocycles. The Morgan fingerprint density at radius 1 is 1.27 bits per heavy atom. The molecule has 0 aliphatic heterocycles. The summed E-state index contributed by atoms with van der Waals surface area (Å²) in [5.74, 6) is 0.326. The molecule has 0 amide bonds. The van der Waals surface area contributed by atoms with Gasteiger partial charge in [0.2, 0.25) is 0 Å². The molecule has 4 heteroatoms. The third kappa shape index (κ3) is 2.19. The van der Waals surface area contributed by atoms with Gasteiger partial charge < -0.3 is 10.8 Å². The maximum Gasteiger partial charge on any atom is 0.129 e. The van der Waals surface area contributed by atoms with E-state index in [1.807, 2.05) is 6.07 Å². The van der Waals surface area contributed by atoms with Gasteiger partial charge in [0, 0.05) is 10.1 Å². The quantitative estimate of drug-likeness (QED) is 0.739. The molecule has 1 aromatic rings. The summed E-state index contributed by atoms with van der Waals surface area (Å²) >= 11 is 4.24. The lowest BCUT2D eigenvalue weighted by Gasteiger charge is -2.03. The van der Waals surface area contributed by atoms with E-state index in [2.05, 4.69) is 45.2 Å². The number of phenols is 1. The highest BCUT2D eigenvalue weighted by Gasteiger charge is 2.02. The van der Waals surface area contributed by atoms with Crippen molar-refractivity contribution in [1.29, 1.82) is 0 Å². The van der Waals surface area contributed by atoms with Gasteiger partial charge in [-0.1, -0.05) is 0 Å². The van der Waals surface area contributed by atoms with Gasteiger partial charge in [-0.05, 0) is 62.9 Å². The first-order valence-corrected chi connectivity index (χ1v) is 5.18. The average molecular weight is 375 g/mol. The van der Waals surface area contributed by atoms with Crippen LogP contribution in [0.1, 0.15) is 5.56 Å². The molecule has 1 aromatic carbocycles. The highest BCUT2D eigenvalue weighted by atomic mass is 127. The van der Waals surface area contributed by atoms with Gasteiger partial charge in [-0.2, -0.15) is 0 Å². The van der Waals surface area contributed by atoms with Crippen molar-refractivity contribution in [2.45, 2.75) is 6.54 Å². The SMILES string of the molecule is NCc1cc(I)c(O)cc1I. The Morgan fingerprint density at radius 3 is 2.45 bits per heavy atom. The Morgan fingerprint density at radius 2 is 1.91 bits per heavy atom. The first-order chi connectivity index (χ1) is 5.15. The zero-order valence-electron chi connectivity index (χ0n) is 5.64. The lowest BCUT2D eigenvalue weighted by Crippen LogP contribution is -1.99. The zero-order chi connectivity index (χ0) is 8.43. The van der Waals surface area contributed by atoms with Crippen LogP contribution in [0.2, 0.25) is 0 Å². The fourth-order valence-corrected chi connectivity index (χ4v) is 1.94. The van der Waals surface area contributed by atoms with Crippen molar-refractivity contribution >= 4 is 45.2 Å². The highest BCUT2D eigenvalue weighted by molar-refractivity contribution is 14.1. The first kappa shape index (κ1) is 9.53. The summed E-state index contributed by atoms with van der Waals surface area (Å²) in [5.41, 5.74) is 6.56. The molecule has 0 saturated heterocycles. The van der Waals surface area contributed by atoms with Gasteiger partial charge in [0.05, 0.1) is 3.57 Å². The topological polar surface area (TPSA) is 46.2 Å². The molecular weight excluding hydrogens is 368 g/mol. The fourth-order valence-electron chi connectivity index (χ4n) is 0.734. The van der Waals surface area contributed by atoms with Crippen molar-refractivity contribution in [2.75, 3.05) is 0 Å². The average Bonchev–Trinajstić information content (AvgIpc) is 1.97. The van der Waals surface area contributed by atoms with E-state index in [0.29, 0.717) is 12.3 Å². The molecular formula is C7H7I2NO. The molecule has 0 bridgehead atoms. The van der Waals surface area contributed by atoms with Crippen LogP contribution >= 0.6 is 45.2 Å². The van der Waals surface area contributed by atoms with Crippen molar-refractivity contribution in [1.82, 2.24) is 0 Å². The summed E-state index contributed by atoms with van der Waals surface area (Å²) in [6.45, 7) is 0.522. The first-order valence-electron chi connectivity index (χ1n) is 3.02. The maximum atomic E-state index is 9.27. The summed E-state index contributed by atoms with van der Waals surface area (Å²) in [6.07, 6.45) is 0. The van der Waals surface area contributed by atoms with Crippen LogP contribution in [0.5, 0.6) is 5.75 Å². The van der Waals surface area contributed by atoms with E-state index in [1.165, 1.54) is 0 Å². The summed E-state index contributed by atoms with van der Waals surface area (Å²) in [7, 11) is 0. The van der Waals surface area contributed by atoms with Gasteiger partial charge in [-0.3, -0.25) is 0 Å². The minimum atomic E-state index is 0.326. The predicted octanol–water partition coefficient (Wildman–Crippen LogP) is 2.06. The van der Waals surface area contributed by atoms with E-state index in [1.54, 1.807) is 6.07 Å². The Labute approximate surface area is 92.5 Å². The molecule has 0 atom stereocenters. The number of phenolic OH excluding ortho intramolecular Hbond substituents is 1. The standard InChI is InChI=1S/C7H7I2NO/c8-5-2-7(11)6(9)1-4(5)3-10/h1-2,11H,3,10H2. The van der Waals surface area contributed by atoms with Crippen molar-refractivity contribution in [3.05, 3.63) is 24.8 Å². The maximum absolute atomic E-state index is 9.27. The van der Waals surface area contributed by atoms with Gasteiger partial charge in [-0.25, -0.2) is 0 Å². The number of rotatable bonds is 1. The van der Waals surface area contributed by atoms with E-state index in [0.717, 1.165) is 12.7 Å². The summed E-state index contributed by atoms with van der Waals surface area (Å²) in [6, 6.07) is 3.63. The number of hydrogen-bond acceptors (Lipinski definition) is 2. The van der Waals surface area contributed by atoms with Crippen LogP contribution in [0.4, 0.5) is 0 Å². The predicted molar refractivity (Wildman–Crippen MR) is 61.4 cm³/mol. The monoisotopic (exact) mass is 375 g/mol. The summed E-state index contributed by atoms with van der Waals surface area (Å²) < 4.78 is 1.87. The van der Waals surface area contributed by atoms with Gasteiger partial charge in [0.1, 0.15) is 5.75 Å². The number of benzene rings is 1. The number of halogens is 2. The third-order valence-corrected chi connectivity index (χ3v) is 3.20. The molecule has 0 saturated carbocycles. The van der Waals surface area contributed by atoms with E-state index in [-0.39, 0.29) is 0 Å².